The van der Waals surface area contributed by atoms with Crippen LogP contribution in [0.3, 0.4) is 0 Å². The molecule has 112 valence electrons. The molecule has 0 spiro atoms. The number of carboxylic acid groups (broad SMARTS) is 1. The summed E-state index contributed by atoms with van der Waals surface area (Å²) in [6.07, 6.45) is 1.70. The SMILES string of the molecule is CC(C)(Sc1ccnn1-c1cccc2ccccc12)C(=O)O. The Morgan fingerprint density at radius 2 is 1.86 bits per heavy atom. The van der Waals surface area contributed by atoms with Gasteiger partial charge in [0.15, 0.2) is 0 Å². The maximum absolute atomic E-state index is 11.4. The van der Waals surface area contributed by atoms with Gasteiger partial charge in [-0.1, -0.05) is 48.2 Å². The first-order chi connectivity index (χ1) is 10.5. The Morgan fingerprint density at radius 1 is 1.14 bits per heavy atom. The Bertz CT molecular complexity index is 834. The molecule has 0 saturated heterocycles. The summed E-state index contributed by atoms with van der Waals surface area (Å²) >= 11 is 1.29. The van der Waals surface area contributed by atoms with Crippen LogP contribution in [0.5, 0.6) is 0 Å². The van der Waals surface area contributed by atoms with E-state index in [0.29, 0.717) is 0 Å². The van der Waals surface area contributed by atoms with Gasteiger partial charge in [0, 0.05) is 5.39 Å². The number of thioether (sulfide) groups is 1. The van der Waals surface area contributed by atoms with Crippen LogP contribution < -0.4 is 0 Å². The number of rotatable bonds is 4. The second-order valence-electron chi connectivity index (χ2n) is 5.50. The third-order valence-electron chi connectivity index (χ3n) is 3.48. The average molecular weight is 312 g/mol. The summed E-state index contributed by atoms with van der Waals surface area (Å²) in [6, 6.07) is 16.0. The molecule has 0 aliphatic rings. The quantitative estimate of drug-likeness (QED) is 0.740. The van der Waals surface area contributed by atoms with E-state index in [1.165, 1.54) is 11.8 Å². The highest BCUT2D eigenvalue weighted by Gasteiger charge is 2.30. The maximum Gasteiger partial charge on any atom is 0.319 e. The lowest BCUT2D eigenvalue weighted by molar-refractivity contribution is -0.138. The van der Waals surface area contributed by atoms with Crippen LogP contribution in [0.2, 0.25) is 0 Å². The van der Waals surface area contributed by atoms with Crippen LogP contribution >= 0.6 is 11.8 Å². The fourth-order valence-electron chi connectivity index (χ4n) is 2.25. The minimum absolute atomic E-state index is 0.809. The Balaban J connectivity index is 2.10. The molecule has 1 aromatic heterocycles. The van der Waals surface area contributed by atoms with Gasteiger partial charge in [0.2, 0.25) is 0 Å². The fraction of sp³-hybridized carbons (Fsp3) is 0.176. The monoisotopic (exact) mass is 312 g/mol. The zero-order valence-corrected chi connectivity index (χ0v) is 13.2. The Morgan fingerprint density at radius 3 is 2.64 bits per heavy atom. The molecule has 22 heavy (non-hydrogen) atoms. The molecule has 3 aromatic rings. The molecule has 4 nitrogen and oxygen atoms in total. The third kappa shape index (κ3) is 2.60. The fourth-order valence-corrected chi connectivity index (χ4v) is 3.22. The first kappa shape index (κ1) is 14.7. The van der Waals surface area contributed by atoms with Crippen LogP contribution in [-0.2, 0) is 4.79 Å². The van der Waals surface area contributed by atoms with Gasteiger partial charge in [0.25, 0.3) is 0 Å². The van der Waals surface area contributed by atoms with Gasteiger partial charge in [0.05, 0.1) is 11.9 Å². The molecule has 0 bridgehead atoms. The summed E-state index contributed by atoms with van der Waals surface area (Å²) in [7, 11) is 0. The zero-order valence-electron chi connectivity index (χ0n) is 12.4. The van der Waals surface area contributed by atoms with Crippen LogP contribution in [0.25, 0.3) is 16.5 Å². The van der Waals surface area contributed by atoms with Gasteiger partial charge in [-0.2, -0.15) is 5.10 Å². The molecule has 0 aliphatic heterocycles. The van der Waals surface area contributed by atoms with E-state index in [1.807, 2.05) is 36.4 Å². The number of nitrogens with zero attached hydrogens (tertiary/aromatic N) is 2. The van der Waals surface area contributed by atoms with Crippen LogP contribution in [0.4, 0.5) is 0 Å². The molecule has 0 unspecified atom stereocenters. The van der Waals surface area contributed by atoms with E-state index >= 15 is 0 Å². The van der Waals surface area contributed by atoms with E-state index in [1.54, 1.807) is 24.7 Å². The topological polar surface area (TPSA) is 55.1 Å². The number of benzene rings is 2. The Labute approximate surface area is 132 Å². The highest BCUT2D eigenvalue weighted by Crippen LogP contribution is 2.34. The predicted molar refractivity (Wildman–Crippen MR) is 88.6 cm³/mol. The largest absolute Gasteiger partial charge is 0.480 e. The van der Waals surface area contributed by atoms with Crippen molar-refractivity contribution in [2.75, 3.05) is 0 Å². The van der Waals surface area contributed by atoms with Crippen molar-refractivity contribution in [3.63, 3.8) is 0 Å². The molecule has 0 radical (unpaired) electrons. The number of carbonyl (C=O) groups is 1. The van der Waals surface area contributed by atoms with Crippen molar-refractivity contribution in [1.29, 1.82) is 0 Å². The van der Waals surface area contributed by atoms with Crippen molar-refractivity contribution in [2.45, 2.75) is 23.6 Å². The average Bonchev–Trinajstić information content (AvgIpc) is 2.93. The summed E-state index contributed by atoms with van der Waals surface area (Å²) in [5.74, 6) is -0.844. The number of aliphatic carboxylic acids is 1. The Kier molecular flexibility index (Phi) is 3.66. The molecular weight excluding hydrogens is 296 g/mol. The van der Waals surface area contributed by atoms with E-state index in [-0.39, 0.29) is 0 Å². The molecule has 1 heterocycles. The number of aromatic nitrogens is 2. The van der Waals surface area contributed by atoms with Crippen LogP contribution in [-0.4, -0.2) is 25.6 Å². The molecule has 1 N–H and O–H groups in total. The van der Waals surface area contributed by atoms with Gasteiger partial charge in [-0.15, -0.1) is 0 Å². The third-order valence-corrected chi connectivity index (χ3v) is 4.68. The van der Waals surface area contributed by atoms with Crippen molar-refractivity contribution in [3.05, 3.63) is 54.7 Å². The molecule has 5 heteroatoms. The molecule has 0 aliphatic carbocycles. The van der Waals surface area contributed by atoms with Crippen LogP contribution in [0, 0.1) is 0 Å². The minimum atomic E-state index is -0.914. The van der Waals surface area contributed by atoms with E-state index in [4.69, 9.17) is 0 Å². The van der Waals surface area contributed by atoms with Gasteiger partial charge in [-0.3, -0.25) is 4.79 Å². The minimum Gasteiger partial charge on any atom is -0.480 e. The van der Waals surface area contributed by atoms with Crippen LogP contribution in [0.1, 0.15) is 13.8 Å². The highest BCUT2D eigenvalue weighted by atomic mass is 32.2. The predicted octanol–water partition coefficient (Wildman–Crippen LogP) is 3.98. The normalized spacial score (nSPS) is 11.7. The van der Waals surface area contributed by atoms with E-state index in [9.17, 15) is 9.90 Å². The molecule has 2 aromatic carbocycles. The number of carboxylic acids is 1. The maximum atomic E-state index is 11.4. The number of hydrogen-bond donors (Lipinski definition) is 1. The summed E-state index contributed by atoms with van der Waals surface area (Å²) < 4.78 is 0.889. The molecule has 0 amide bonds. The van der Waals surface area contributed by atoms with Crippen LogP contribution in [0.15, 0.2) is 59.8 Å². The summed E-state index contributed by atoms with van der Waals surface area (Å²) in [6.45, 7) is 3.39. The van der Waals surface area contributed by atoms with Gasteiger partial charge < -0.3 is 5.11 Å². The summed E-state index contributed by atoms with van der Waals surface area (Å²) in [5.41, 5.74) is 0.951. The van der Waals surface area contributed by atoms with Crippen molar-refractivity contribution in [2.24, 2.45) is 0 Å². The lowest BCUT2D eigenvalue weighted by Crippen LogP contribution is -2.27. The van der Waals surface area contributed by atoms with Crippen molar-refractivity contribution >= 4 is 28.5 Å². The summed E-state index contributed by atoms with van der Waals surface area (Å²) in [5, 5.41) is 16.7. The van der Waals surface area contributed by atoms with Gasteiger partial charge in [-0.25, -0.2) is 4.68 Å². The lowest BCUT2D eigenvalue weighted by Gasteiger charge is -2.19. The van der Waals surface area contributed by atoms with Gasteiger partial charge >= 0.3 is 5.97 Å². The first-order valence-electron chi connectivity index (χ1n) is 6.93. The molecule has 0 fully saturated rings. The number of fused-ring (bicyclic) bond motifs is 1. The van der Waals surface area contributed by atoms with E-state index in [2.05, 4.69) is 17.2 Å². The molecule has 0 atom stereocenters. The van der Waals surface area contributed by atoms with Crippen molar-refractivity contribution in [1.82, 2.24) is 9.78 Å². The molecule has 3 rings (SSSR count). The second-order valence-corrected chi connectivity index (χ2v) is 7.14. The van der Waals surface area contributed by atoms with Gasteiger partial charge in [-0.05, 0) is 31.4 Å². The second kappa shape index (κ2) is 5.50. The standard InChI is InChI=1S/C17H16N2O2S/c1-17(2,16(20)21)22-15-10-11-18-19(15)14-9-5-7-12-6-3-4-8-13(12)14/h3-11H,1-2H3,(H,20,21). The van der Waals surface area contributed by atoms with Gasteiger partial charge in [0.1, 0.15) is 9.77 Å². The van der Waals surface area contributed by atoms with E-state index < -0.39 is 10.7 Å². The first-order valence-corrected chi connectivity index (χ1v) is 7.75. The van der Waals surface area contributed by atoms with Crippen molar-refractivity contribution in [3.8, 4) is 5.69 Å². The summed E-state index contributed by atoms with van der Waals surface area (Å²) in [4.78, 5) is 11.4. The zero-order chi connectivity index (χ0) is 15.7. The van der Waals surface area contributed by atoms with E-state index in [0.717, 1.165) is 21.5 Å². The Hall–Kier alpha value is -2.27. The lowest BCUT2D eigenvalue weighted by atomic mass is 10.1. The highest BCUT2D eigenvalue weighted by molar-refractivity contribution is 8.01. The molecular formula is C17H16N2O2S. The molecule has 0 saturated carbocycles. The van der Waals surface area contributed by atoms with Crippen molar-refractivity contribution < 1.29 is 9.90 Å². The number of hydrogen-bond acceptors (Lipinski definition) is 3. The smallest absolute Gasteiger partial charge is 0.319 e.